The van der Waals surface area contributed by atoms with E-state index in [0.29, 0.717) is 66.5 Å². The third kappa shape index (κ3) is 7.65. The molecule has 0 amide bonds. The van der Waals surface area contributed by atoms with Crippen molar-refractivity contribution in [1.82, 2.24) is 0 Å². The Kier molecular flexibility index (Phi) is 11.3. The first-order chi connectivity index (χ1) is 25.5. The topological polar surface area (TPSA) is 101 Å². The molecule has 1 heterocycles. The van der Waals surface area contributed by atoms with Crippen molar-refractivity contribution in [2.45, 2.75) is 110 Å². The second-order valence-electron chi connectivity index (χ2n) is 16.9. The number of methoxy groups -OCH3 is 1. The quantitative estimate of drug-likeness (QED) is 0.103. The van der Waals surface area contributed by atoms with Crippen molar-refractivity contribution in [3.05, 3.63) is 76.1 Å². The van der Waals surface area contributed by atoms with Gasteiger partial charge in [-0.2, -0.15) is 0 Å². The SMILES string of the molecule is COc1ccc2c(CO[C@@H]3CC[C@@]4(C)[C@@H](C3)C[C@@H](OC(=O)CCl)[C@@H]3[C@@H]4CC[C@]4(C)[C@@H]([C@H](C)CCC(=O)OCc5ccccc5)CC[C@@H]34)cc(=O)oc2c1. The highest BCUT2D eigenvalue weighted by Gasteiger charge is 2.64. The summed E-state index contributed by atoms with van der Waals surface area (Å²) in [5.74, 6) is 2.46. The van der Waals surface area contributed by atoms with E-state index in [4.69, 9.17) is 35.0 Å². The van der Waals surface area contributed by atoms with E-state index in [1.807, 2.05) is 42.5 Å². The third-order valence-corrected chi connectivity index (χ3v) is 14.5. The maximum Gasteiger partial charge on any atom is 0.336 e. The highest BCUT2D eigenvalue weighted by atomic mass is 35.5. The molecule has 4 aliphatic rings. The number of halogens is 1. The van der Waals surface area contributed by atoms with Gasteiger partial charge in [0.15, 0.2) is 0 Å². The van der Waals surface area contributed by atoms with Gasteiger partial charge in [0, 0.05) is 29.9 Å². The molecule has 10 atom stereocenters. The van der Waals surface area contributed by atoms with Gasteiger partial charge in [-0.25, -0.2) is 4.79 Å². The first kappa shape index (κ1) is 37.9. The second-order valence-corrected chi connectivity index (χ2v) is 17.2. The molecule has 3 aromatic rings. The van der Waals surface area contributed by atoms with Crippen LogP contribution in [0.3, 0.4) is 0 Å². The Morgan fingerprint density at radius 3 is 2.47 bits per heavy atom. The fourth-order valence-corrected chi connectivity index (χ4v) is 11.7. The van der Waals surface area contributed by atoms with Crippen LogP contribution >= 0.6 is 11.6 Å². The van der Waals surface area contributed by atoms with Crippen LogP contribution in [0.4, 0.5) is 0 Å². The van der Waals surface area contributed by atoms with Crippen LogP contribution in [0.5, 0.6) is 5.75 Å². The van der Waals surface area contributed by atoms with Crippen LogP contribution < -0.4 is 10.4 Å². The van der Waals surface area contributed by atoms with E-state index >= 15 is 0 Å². The second kappa shape index (κ2) is 15.8. The van der Waals surface area contributed by atoms with Crippen LogP contribution in [0.1, 0.15) is 96.1 Å². The summed E-state index contributed by atoms with van der Waals surface area (Å²) in [7, 11) is 1.59. The smallest absolute Gasteiger partial charge is 0.336 e. The Hall–Kier alpha value is -3.36. The molecule has 2 aromatic carbocycles. The molecule has 7 rings (SSSR count). The molecule has 8 nitrogen and oxygen atoms in total. The van der Waals surface area contributed by atoms with Crippen molar-refractivity contribution in [1.29, 1.82) is 0 Å². The molecule has 0 aliphatic heterocycles. The van der Waals surface area contributed by atoms with Crippen molar-refractivity contribution >= 4 is 34.5 Å². The maximum atomic E-state index is 12.9. The van der Waals surface area contributed by atoms with Crippen molar-refractivity contribution in [2.24, 2.45) is 46.3 Å². The number of esters is 2. The summed E-state index contributed by atoms with van der Waals surface area (Å²) in [6, 6.07) is 16.9. The summed E-state index contributed by atoms with van der Waals surface area (Å²) in [6.45, 7) is 7.94. The first-order valence-electron chi connectivity index (χ1n) is 19.7. The summed E-state index contributed by atoms with van der Waals surface area (Å²) in [5, 5.41) is 0.844. The Balaban J connectivity index is 1.03. The largest absolute Gasteiger partial charge is 0.497 e. The number of benzene rings is 2. The van der Waals surface area contributed by atoms with Crippen molar-refractivity contribution < 1.29 is 33.0 Å². The van der Waals surface area contributed by atoms with Gasteiger partial charge >= 0.3 is 17.6 Å². The summed E-state index contributed by atoms with van der Waals surface area (Å²) < 4.78 is 29.3. The predicted octanol–water partition coefficient (Wildman–Crippen LogP) is 9.27. The lowest BCUT2D eigenvalue weighted by Gasteiger charge is -2.63. The average molecular weight is 747 g/mol. The molecule has 0 radical (unpaired) electrons. The number of rotatable bonds is 12. The summed E-state index contributed by atoms with van der Waals surface area (Å²) in [4.78, 5) is 38.0. The lowest BCUT2D eigenvalue weighted by atomic mass is 9.43. The summed E-state index contributed by atoms with van der Waals surface area (Å²) >= 11 is 6.06. The lowest BCUT2D eigenvalue weighted by Crippen LogP contribution is -2.59. The van der Waals surface area contributed by atoms with E-state index in [9.17, 15) is 14.4 Å². The molecule has 286 valence electrons. The van der Waals surface area contributed by atoms with Gasteiger partial charge in [-0.1, -0.05) is 51.1 Å². The number of ether oxygens (including phenoxy) is 4. The minimum absolute atomic E-state index is 0.0412. The number of fused-ring (bicyclic) bond motifs is 6. The highest BCUT2D eigenvalue weighted by molar-refractivity contribution is 6.26. The number of carbonyl (C=O) groups is 2. The molecule has 0 saturated heterocycles. The van der Waals surface area contributed by atoms with Crippen molar-refractivity contribution in [2.75, 3.05) is 13.0 Å². The van der Waals surface area contributed by atoms with Gasteiger partial charge in [0.2, 0.25) is 0 Å². The van der Waals surface area contributed by atoms with E-state index in [1.165, 1.54) is 6.07 Å². The van der Waals surface area contributed by atoms with Gasteiger partial charge < -0.3 is 23.4 Å². The zero-order valence-electron chi connectivity index (χ0n) is 31.7. The Labute approximate surface area is 318 Å². The van der Waals surface area contributed by atoms with Crippen LogP contribution in [-0.4, -0.2) is 37.1 Å². The molecule has 1 aromatic heterocycles. The molecule has 4 fully saturated rings. The Bertz CT molecular complexity index is 1820. The monoisotopic (exact) mass is 746 g/mol. The fourth-order valence-electron chi connectivity index (χ4n) is 11.6. The van der Waals surface area contributed by atoms with Gasteiger partial charge in [-0.15, -0.1) is 11.6 Å². The van der Waals surface area contributed by atoms with Gasteiger partial charge in [0.25, 0.3) is 0 Å². The van der Waals surface area contributed by atoms with Crippen molar-refractivity contribution in [3.63, 3.8) is 0 Å². The van der Waals surface area contributed by atoms with E-state index < -0.39 is 5.63 Å². The molecule has 9 heteroatoms. The van der Waals surface area contributed by atoms with Crippen molar-refractivity contribution in [3.8, 4) is 5.75 Å². The summed E-state index contributed by atoms with van der Waals surface area (Å²) in [5.41, 5.74) is 2.15. The average Bonchev–Trinajstić information content (AvgIpc) is 3.52. The number of hydrogen-bond donors (Lipinski definition) is 0. The molecular formula is C44H55ClO8. The predicted molar refractivity (Wildman–Crippen MR) is 203 cm³/mol. The zero-order valence-corrected chi connectivity index (χ0v) is 32.4. The molecule has 4 aliphatic carbocycles. The maximum absolute atomic E-state index is 12.9. The van der Waals surface area contributed by atoms with Gasteiger partial charge in [-0.05, 0) is 121 Å². The zero-order chi connectivity index (χ0) is 37.3. The standard InChI is InChI=1S/C44H55ClO8/c1-27(10-15-39(46)51-25-28-8-6-5-7-9-28)34-13-14-35-42-36(17-19-44(34,35)3)43(2)18-16-32(21-30(43)22-38(42)53-41(48)24-45)50-26-29-20-40(47)52-37-23-31(49-4)11-12-33(29)37/h5-9,11-12,20,23,27,30,32,34-36,38,42H,10,13-19,21-22,24-26H2,1-4H3/t27-,30+,32-,34-,35+,36+,38-,42+,43+,44-/m1/s1. The Morgan fingerprint density at radius 1 is 0.925 bits per heavy atom. The molecule has 0 unspecified atom stereocenters. The number of alkyl halides is 1. The van der Waals surface area contributed by atoms with E-state index in [-0.39, 0.29) is 40.9 Å². The molecule has 0 spiro atoms. The fraction of sp³-hybridized carbons (Fsp3) is 0.614. The normalized spacial score (nSPS) is 32.6. The first-order valence-corrected chi connectivity index (χ1v) is 20.2. The van der Waals surface area contributed by atoms with Gasteiger partial charge in [-0.3, -0.25) is 9.59 Å². The van der Waals surface area contributed by atoms with E-state index in [1.54, 1.807) is 13.2 Å². The number of hydrogen-bond acceptors (Lipinski definition) is 8. The van der Waals surface area contributed by atoms with Crippen LogP contribution in [0.2, 0.25) is 0 Å². The van der Waals surface area contributed by atoms with E-state index in [2.05, 4.69) is 20.8 Å². The lowest BCUT2D eigenvalue weighted by molar-refractivity contribution is -0.196. The summed E-state index contributed by atoms with van der Waals surface area (Å²) in [6.07, 6.45) is 9.36. The van der Waals surface area contributed by atoms with Crippen LogP contribution in [0.25, 0.3) is 11.0 Å². The van der Waals surface area contributed by atoms with E-state index in [0.717, 1.165) is 74.3 Å². The molecule has 4 saturated carbocycles. The van der Waals surface area contributed by atoms with Crippen LogP contribution in [-0.2, 0) is 37.0 Å². The molecular weight excluding hydrogens is 692 g/mol. The van der Waals surface area contributed by atoms with Gasteiger partial charge in [0.05, 0.1) is 19.8 Å². The minimum atomic E-state index is -0.406. The van der Waals surface area contributed by atoms with Crippen LogP contribution in [0, 0.1) is 46.3 Å². The molecule has 0 bridgehead atoms. The highest BCUT2D eigenvalue weighted by Crippen LogP contribution is 2.69. The molecule has 0 N–H and O–H groups in total. The van der Waals surface area contributed by atoms with Gasteiger partial charge in [0.1, 0.15) is 29.9 Å². The Morgan fingerprint density at radius 2 is 1.70 bits per heavy atom. The minimum Gasteiger partial charge on any atom is -0.497 e. The third-order valence-electron chi connectivity index (χ3n) is 14.3. The van der Waals surface area contributed by atoms with Crippen LogP contribution in [0.15, 0.2) is 63.8 Å². The number of carbonyl (C=O) groups excluding carboxylic acids is 2. The molecule has 53 heavy (non-hydrogen) atoms.